The molecule has 6 nitrogen and oxygen atoms in total. The number of para-hydroxylation sites is 1. The second-order valence-electron chi connectivity index (χ2n) is 7.30. The Morgan fingerprint density at radius 3 is 2.72 bits per heavy atom. The Labute approximate surface area is 155 Å². The quantitative estimate of drug-likeness (QED) is 0.821. The van der Waals surface area contributed by atoms with Crippen molar-refractivity contribution in [3.05, 3.63) is 29.0 Å². The summed E-state index contributed by atoms with van der Waals surface area (Å²) in [5.41, 5.74) is 4.21. The van der Waals surface area contributed by atoms with Crippen LogP contribution in [0.15, 0.2) is 29.0 Å². The molecule has 132 valence electrons. The van der Waals surface area contributed by atoms with Gasteiger partial charge in [-0.2, -0.15) is 5.48 Å². The van der Waals surface area contributed by atoms with Gasteiger partial charge in [-0.3, -0.25) is 10.2 Å². The van der Waals surface area contributed by atoms with Crippen molar-refractivity contribution in [1.82, 2.24) is 20.8 Å². The molecule has 2 saturated heterocycles. The van der Waals surface area contributed by atoms with Crippen LogP contribution in [0.25, 0.3) is 10.9 Å². The highest BCUT2D eigenvalue weighted by molar-refractivity contribution is 9.10. The minimum absolute atomic E-state index is 0.214. The van der Waals surface area contributed by atoms with E-state index in [4.69, 9.17) is 4.84 Å². The van der Waals surface area contributed by atoms with Crippen molar-refractivity contribution < 1.29 is 4.84 Å². The number of rotatable bonds is 3. The Morgan fingerprint density at radius 1 is 1.08 bits per heavy atom. The molecule has 0 spiro atoms. The van der Waals surface area contributed by atoms with E-state index >= 15 is 0 Å². The fourth-order valence-electron chi connectivity index (χ4n) is 3.99. The largest absolute Gasteiger partial charge is 0.356 e. The third-order valence-electron chi connectivity index (χ3n) is 5.62. The summed E-state index contributed by atoms with van der Waals surface area (Å²) in [7, 11) is 0. The fourth-order valence-corrected chi connectivity index (χ4v) is 4.46. The smallest absolute Gasteiger partial charge is 0.139 e. The highest BCUT2D eigenvalue weighted by atomic mass is 79.9. The molecular weight excluding hydrogens is 382 g/mol. The van der Waals surface area contributed by atoms with E-state index in [1.54, 1.807) is 6.33 Å². The zero-order valence-corrected chi connectivity index (χ0v) is 15.6. The molecule has 2 aromatic rings. The normalized spacial score (nSPS) is 28.0. The second kappa shape index (κ2) is 6.46. The van der Waals surface area contributed by atoms with Crippen LogP contribution in [0.1, 0.15) is 25.7 Å². The highest BCUT2D eigenvalue weighted by Crippen LogP contribution is 2.36. The second-order valence-corrected chi connectivity index (χ2v) is 8.15. The van der Waals surface area contributed by atoms with Crippen LogP contribution in [0.5, 0.6) is 0 Å². The predicted octanol–water partition coefficient (Wildman–Crippen LogP) is 2.80. The van der Waals surface area contributed by atoms with E-state index in [0.29, 0.717) is 11.8 Å². The molecule has 2 unspecified atom stereocenters. The molecule has 1 saturated carbocycles. The number of hydroxylamine groups is 1. The van der Waals surface area contributed by atoms with Crippen LogP contribution in [0.4, 0.5) is 5.82 Å². The van der Waals surface area contributed by atoms with Gasteiger partial charge in [-0.25, -0.2) is 9.97 Å². The lowest BCUT2D eigenvalue weighted by molar-refractivity contribution is 0.00622. The molecule has 1 aromatic carbocycles. The zero-order chi connectivity index (χ0) is 16.8. The molecule has 2 N–H and O–H groups in total. The average Bonchev–Trinajstić information content (AvgIpc) is 3.39. The van der Waals surface area contributed by atoms with Crippen LogP contribution in [-0.2, 0) is 4.84 Å². The third kappa shape index (κ3) is 3.03. The van der Waals surface area contributed by atoms with Gasteiger partial charge in [0.15, 0.2) is 0 Å². The number of hydrogen-bond donors (Lipinski definition) is 2. The van der Waals surface area contributed by atoms with Crippen molar-refractivity contribution in [2.45, 2.75) is 38.1 Å². The number of halogens is 1. The van der Waals surface area contributed by atoms with Gasteiger partial charge in [-0.15, -0.1) is 0 Å². The van der Waals surface area contributed by atoms with Crippen molar-refractivity contribution in [3.63, 3.8) is 0 Å². The van der Waals surface area contributed by atoms with Gasteiger partial charge in [-0.1, -0.05) is 6.07 Å². The Kier molecular flexibility index (Phi) is 4.12. The molecule has 7 heteroatoms. The number of nitrogens with zero attached hydrogens (tertiary/aromatic N) is 3. The summed E-state index contributed by atoms with van der Waals surface area (Å²) in [5, 5.41) is 4.75. The summed E-state index contributed by atoms with van der Waals surface area (Å²) in [6.07, 6.45) is 7.01. The molecule has 2 atom stereocenters. The summed E-state index contributed by atoms with van der Waals surface area (Å²) in [6, 6.07) is 6.18. The van der Waals surface area contributed by atoms with E-state index in [2.05, 4.69) is 47.7 Å². The summed E-state index contributed by atoms with van der Waals surface area (Å²) in [5.74, 6) is 2.35. The van der Waals surface area contributed by atoms with Gasteiger partial charge < -0.3 is 4.90 Å². The first-order valence-corrected chi connectivity index (χ1v) is 9.90. The Balaban J connectivity index is 1.28. The summed E-state index contributed by atoms with van der Waals surface area (Å²) >= 11 is 3.59. The molecular formula is C18H22BrN5O. The standard InChI is InChI=1S/C18H22BrN5O/c19-14-3-1-2-13-15(14)20-10-21-17(13)24-8-6-11(7-9-24)16-22-18(25-23-16)12-4-5-12/h1-3,10-12,16,18,22-23H,4-9H2. The lowest BCUT2D eigenvalue weighted by Crippen LogP contribution is -2.46. The Hall–Kier alpha value is -1.28. The Bertz CT molecular complexity index is 775. The van der Waals surface area contributed by atoms with Crippen molar-refractivity contribution in [2.24, 2.45) is 11.8 Å². The number of fused-ring (bicyclic) bond motifs is 1. The fraction of sp³-hybridized carbons (Fsp3) is 0.556. The molecule has 25 heavy (non-hydrogen) atoms. The average molecular weight is 404 g/mol. The molecule has 1 aromatic heterocycles. The van der Waals surface area contributed by atoms with Crippen LogP contribution < -0.4 is 15.7 Å². The minimum Gasteiger partial charge on any atom is -0.356 e. The molecule has 3 heterocycles. The van der Waals surface area contributed by atoms with Crippen molar-refractivity contribution in [1.29, 1.82) is 0 Å². The topological polar surface area (TPSA) is 62.3 Å². The van der Waals surface area contributed by atoms with E-state index in [1.165, 1.54) is 12.8 Å². The number of nitrogens with one attached hydrogen (secondary N) is 2. The molecule has 0 amide bonds. The predicted molar refractivity (Wildman–Crippen MR) is 99.8 cm³/mol. The number of hydrogen-bond acceptors (Lipinski definition) is 6. The molecule has 3 aliphatic rings. The maximum atomic E-state index is 5.72. The van der Waals surface area contributed by atoms with Gasteiger partial charge in [-0.05, 0) is 59.7 Å². The van der Waals surface area contributed by atoms with Crippen LogP contribution in [-0.4, -0.2) is 35.5 Å². The zero-order valence-electron chi connectivity index (χ0n) is 14.0. The number of piperidine rings is 1. The summed E-state index contributed by atoms with van der Waals surface area (Å²) in [6.45, 7) is 2.02. The molecule has 2 aliphatic heterocycles. The number of benzene rings is 1. The monoisotopic (exact) mass is 403 g/mol. The van der Waals surface area contributed by atoms with Crippen molar-refractivity contribution >= 4 is 32.7 Å². The first kappa shape index (κ1) is 15.9. The van der Waals surface area contributed by atoms with Crippen LogP contribution in [0, 0.1) is 11.8 Å². The molecule has 5 rings (SSSR count). The van der Waals surface area contributed by atoms with Gasteiger partial charge in [0.25, 0.3) is 0 Å². The maximum absolute atomic E-state index is 5.72. The molecule has 0 bridgehead atoms. The third-order valence-corrected chi connectivity index (χ3v) is 6.26. The Morgan fingerprint density at radius 2 is 1.92 bits per heavy atom. The van der Waals surface area contributed by atoms with E-state index in [-0.39, 0.29) is 12.4 Å². The van der Waals surface area contributed by atoms with E-state index in [0.717, 1.165) is 47.1 Å². The first-order chi connectivity index (χ1) is 12.3. The molecule has 0 radical (unpaired) electrons. The number of aromatic nitrogens is 2. The lowest BCUT2D eigenvalue weighted by atomic mass is 9.93. The van der Waals surface area contributed by atoms with Crippen LogP contribution in [0.3, 0.4) is 0 Å². The van der Waals surface area contributed by atoms with Gasteiger partial charge in [0, 0.05) is 28.9 Å². The van der Waals surface area contributed by atoms with Gasteiger partial charge in [0.1, 0.15) is 18.4 Å². The van der Waals surface area contributed by atoms with E-state index in [9.17, 15) is 0 Å². The number of anilines is 1. The van der Waals surface area contributed by atoms with Gasteiger partial charge in [0.2, 0.25) is 0 Å². The van der Waals surface area contributed by atoms with Gasteiger partial charge in [0.05, 0.1) is 11.7 Å². The molecule has 3 fully saturated rings. The molecule has 1 aliphatic carbocycles. The van der Waals surface area contributed by atoms with Crippen LogP contribution >= 0.6 is 15.9 Å². The maximum Gasteiger partial charge on any atom is 0.139 e. The first-order valence-electron chi connectivity index (χ1n) is 9.11. The summed E-state index contributed by atoms with van der Waals surface area (Å²) < 4.78 is 1.02. The van der Waals surface area contributed by atoms with E-state index in [1.807, 2.05) is 12.1 Å². The summed E-state index contributed by atoms with van der Waals surface area (Å²) in [4.78, 5) is 17.1. The van der Waals surface area contributed by atoms with E-state index < -0.39 is 0 Å². The van der Waals surface area contributed by atoms with Crippen molar-refractivity contribution in [3.8, 4) is 0 Å². The van der Waals surface area contributed by atoms with Crippen LogP contribution in [0.2, 0.25) is 0 Å². The highest BCUT2D eigenvalue weighted by Gasteiger charge is 2.40. The minimum atomic E-state index is 0.214. The SMILES string of the molecule is Brc1cccc2c(N3CCC(C4NOC(C5CC5)N4)CC3)ncnc12. The lowest BCUT2D eigenvalue weighted by Gasteiger charge is -2.35. The van der Waals surface area contributed by atoms with Gasteiger partial charge >= 0.3 is 0 Å². The van der Waals surface area contributed by atoms with Crippen molar-refractivity contribution in [2.75, 3.05) is 18.0 Å².